The molecule has 0 radical (unpaired) electrons. The van der Waals surface area contributed by atoms with Crippen molar-refractivity contribution in [3.05, 3.63) is 59.8 Å². The van der Waals surface area contributed by atoms with Gasteiger partial charge >= 0.3 is 0 Å². The summed E-state index contributed by atoms with van der Waals surface area (Å²) >= 11 is 5.66. The molecule has 0 aliphatic carbocycles. The van der Waals surface area contributed by atoms with Crippen molar-refractivity contribution < 1.29 is 19.8 Å². The summed E-state index contributed by atoms with van der Waals surface area (Å²) in [6.07, 6.45) is 3.40. The van der Waals surface area contributed by atoms with Gasteiger partial charge in [-0.25, -0.2) is 0 Å². The number of nitrogens with zero attached hydrogens (tertiary/aromatic N) is 4. The normalized spacial score (nSPS) is 12.9. The van der Waals surface area contributed by atoms with E-state index in [0.717, 1.165) is 45.5 Å². The summed E-state index contributed by atoms with van der Waals surface area (Å²) in [5.41, 5.74) is 0. The fraction of sp³-hybridized carbons (Fsp3) is 0.391. The molecule has 0 saturated heterocycles. The molecular formula is C23H25N5O4S4. The highest BCUT2D eigenvalue weighted by Crippen LogP contribution is 2.26. The van der Waals surface area contributed by atoms with E-state index in [0.29, 0.717) is 10.1 Å². The molecule has 0 fully saturated rings. The van der Waals surface area contributed by atoms with E-state index < -0.39 is 11.8 Å². The lowest BCUT2D eigenvalue weighted by Gasteiger charge is -2.10. The molecule has 0 aromatic carbocycles. The van der Waals surface area contributed by atoms with Crippen LogP contribution in [0.1, 0.15) is 49.5 Å². The second-order valence-electron chi connectivity index (χ2n) is 7.93. The lowest BCUT2D eigenvalue weighted by Crippen LogP contribution is -2.23. The third-order valence-corrected chi connectivity index (χ3v) is 9.26. The number of anilines is 1. The Hall–Kier alpha value is -2.42. The first-order valence-corrected chi connectivity index (χ1v) is 14.7. The van der Waals surface area contributed by atoms with Crippen molar-refractivity contribution in [2.45, 2.75) is 43.9 Å². The highest BCUT2D eigenvalue weighted by molar-refractivity contribution is 7.15. The molecule has 13 heteroatoms. The summed E-state index contributed by atoms with van der Waals surface area (Å²) in [6, 6.07) is 7.41. The van der Waals surface area contributed by atoms with Crippen LogP contribution in [0.5, 0.6) is 0 Å². The van der Waals surface area contributed by atoms with Crippen LogP contribution >= 0.6 is 45.3 Å². The van der Waals surface area contributed by atoms with E-state index in [9.17, 15) is 19.8 Å². The maximum absolute atomic E-state index is 12.6. The number of aliphatic hydroxyl groups is 2. The van der Waals surface area contributed by atoms with Gasteiger partial charge in [0.1, 0.15) is 20.8 Å². The zero-order valence-corrected chi connectivity index (χ0v) is 22.5. The van der Waals surface area contributed by atoms with Crippen LogP contribution in [0.2, 0.25) is 0 Å². The van der Waals surface area contributed by atoms with E-state index >= 15 is 0 Å². The molecule has 9 nitrogen and oxygen atoms in total. The molecule has 36 heavy (non-hydrogen) atoms. The molecule has 4 aromatic heterocycles. The van der Waals surface area contributed by atoms with Gasteiger partial charge in [-0.1, -0.05) is 23.5 Å². The average Bonchev–Trinajstić information content (AvgIpc) is 3.67. The molecule has 1 amide bonds. The van der Waals surface area contributed by atoms with Gasteiger partial charge in [-0.15, -0.1) is 54.4 Å². The van der Waals surface area contributed by atoms with Gasteiger partial charge in [0, 0.05) is 22.6 Å². The summed E-state index contributed by atoms with van der Waals surface area (Å²) in [6.45, 7) is -0.477. The number of unbranched alkanes of at least 4 members (excludes halogenated alkanes) is 1. The lowest BCUT2D eigenvalue weighted by atomic mass is 10.0. The maximum Gasteiger partial charge on any atom is 0.236 e. The second-order valence-corrected chi connectivity index (χ2v) is 12.1. The molecule has 0 aliphatic rings. The number of hydrogen-bond acceptors (Lipinski definition) is 12. The zero-order valence-electron chi connectivity index (χ0n) is 19.2. The molecule has 0 saturated carbocycles. The maximum atomic E-state index is 12.6. The Labute approximate surface area is 223 Å². The van der Waals surface area contributed by atoms with E-state index in [2.05, 4.69) is 25.7 Å². The third-order valence-electron chi connectivity index (χ3n) is 5.41. The number of carbonyl (C=O) groups excluding carboxylic acids is 2. The van der Waals surface area contributed by atoms with E-state index in [1.807, 2.05) is 35.0 Å². The van der Waals surface area contributed by atoms with Crippen LogP contribution in [0.15, 0.2) is 35.0 Å². The van der Waals surface area contributed by atoms with Crippen molar-refractivity contribution in [1.82, 2.24) is 20.4 Å². The van der Waals surface area contributed by atoms with Gasteiger partial charge in [-0.3, -0.25) is 14.9 Å². The molecule has 190 valence electrons. The van der Waals surface area contributed by atoms with Crippen molar-refractivity contribution in [3.63, 3.8) is 0 Å². The molecule has 2 unspecified atom stereocenters. The van der Waals surface area contributed by atoms with E-state index in [1.165, 1.54) is 45.3 Å². The van der Waals surface area contributed by atoms with E-state index in [4.69, 9.17) is 0 Å². The summed E-state index contributed by atoms with van der Waals surface area (Å²) in [4.78, 5) is 26.7. The number of aliphatic hydroxyl groups excluding tert-OH is 2. The molecule has 0 spiro atoms. The molecule has 0 aliphatic heterocycles. The third kappa shape index (κ3) is 7.08. The van der Waals surface area contributed by atoms with E-state index in [-0.39, 0.29) is 31.3 Å². The Kier molecular flexibility index (Phi) is 9.78. The minimum atomic E-state index is -0.616. The number of aromatic nitrogens is 4. The van der Waals surface area contributed by atoms with Gasteiger partial charge in [0.2, 0.25) is 11.0 Å². The lowest BCUT2D eigenvalue weighted by molar-refractivity contribution is -0.120. The van der Waals surface area contributed by atoms with E-state index in [1.54, 1.807) is 0 Å². The van der Waals surface area contributed by atoms with Crippen LogP contribution in [0.4, 0.5) is 5.13 Å². The molecule has 0 bridgehead atoms. The van der Waals surface area contributed by atoms with Crippen LogP contribution < -0.4 is 5.32 Å². The predicted molar refractivity (Wildman–Crippen MR) is 142 cm³/mol. The van der Waals surface area contributed by atoms with Crippen LogP contribution in [-0.4, -0.2) is 55.5 Å². The number of rotatable bonds is 14. The first-order valence-electron chi connectivity index (χ1n) is 11.3. The first-order chi connectivity index (χ1) is 17.6. The summed E-state index contributed by atoms with van der Waals surface area (Å²) < 4.78 is 0. The van der Waals surface area contributed by atoms with Crippen LogP contribution in [0.3, 0.4) is 0 Å². The number of hydrogen-bond donors (Lipinski definition) is 3. The topological polar surface area (TPSA) is 138 Å². The monoisotopic (exact) mass is 563 g/mol. The standard InChI is InChI=1S/C23H25N5O4S4/c29-12-14(17-5-3-9-33-17)16(31)11-21-27-25-19(35-21)7-1-2-8-20-26-28-23(36-20)24-22(32)15(13-30)18-6-4-10-34-18/h3-6,9-10,14-15,29-30H,1-2,7-8,11-13H2,(H,24,28,32). The fourth-order valence-corrected chi connectivity index (χ4v) is 6.85. The molecule has 4 heterocycles. The van der Waals surface area contributed by atoms with Crippen LogP contribution in [0.25, 0.3) is 0 Å². The van der Waals surface area contributed by atoms with Gasteiger partial charge in [0.05, 0.1) is 31.5 Å². The highest BCUT2D eigenvalue weighted by atomic mass is 32.1. The SMILES string of the molecule is O=C(Cc1nnc(CCCCc2nnc(NC(=O)C(CO)c3cccs3)s2)s1)C(CO)c1cccs1. The predicted octanol–water partition coefficient (Wildman–Crippen LogP) is 3.68. The van der Waals surface area contributed by atoms with Gasteiger partial charge < -0.3 is 10.2 Å². The number of Topliss-reactive ketones (excluding diaryl/α,β-unsaturated/α-hetero) is 1. The van der Waals surface area contributed by atoms with Gasteiger partial charge in [-0.2, -0.15) is 0 Å². The number of amides is 1. The molecule has 3 N–H and O–H groups in total. The molecule has 4 aromatic rings. The molecule has 2 atom stereocenters. The Morgan fingerprint density at radius 3 is 2.00 bits per heavy atom. The largest absolute Gasteiger partial charge is 0.395 e. The van der Waals surface area contributed by atoms with Crippen molar-refractivity contribution in [2.24, 2.45) is 0 Å². The van der Waals surface area contributed by atoms with Gasteiger partial charge in [-0.05, 0) is 35.7 Å². The second kappa shape index (κ2) is 13.2. The number of nitrogens with one attached hydrogen (secondary N) is 1. The number of thiophene rings is 2. The van der Waals surface area contributed by atoms with Gasteiger partial charge in [0.25, 0.3) is 0 Å². The van der Waals surface area contributed by atoms with Crippen molar-refractivity contribution in [2.75, 3.05) is 18.5 Å². The van der Waals surface area contributed by atoms with Crippen molar-refractivity contribution in [3.8, 4) is 0 Å². The van der Waals surface area contributed by atoms with Crippen LogP contribution in [-0.2, 0) is 28.9 Å². The number of carbonyl (C=O) groups is 2. The van der Waals surface area contributed by atoms with Crippen molar-refractivity contribution in [1.29, 1.82) is 0 Å². The van der Waals surface area contributed by atoms with Gasteiger partial charge in [0.15, 0.2) is 0 Å². The van der Waals surface area contributed by atoms with Crippen LogP contribution in [0, 0.1) is 0 Å². The van der Waals surface area contributed by atoms with Crippen molar-refractivity contribution >= 4 is 62.2 Å². The average molecular weight is 564 g/mol. The quantitative estimate of drug-likeness (QED) is 0.198. The zero-order chi connectivity index (χ0) is 25.3. The summed E-state index contributed by atoms with van der Waals surface area (Å²) in [5, 5.41) is 45.1. The number of aryl methyl sites for hydroxylation is 2. The minimum absolute atomic E-state index is 0.0532. The Bertz CT molecular complexity index is 1140. The Morgan fingerprint density at radius 1 is 0.806 bits per heavy atom. The fourth-order valence-electron chi connectivity index (χ4n) is 3.51. The first kappa shape index (κ1) is 26.6. The summed E-state index contributed by atoms with van der Waals surface area (Å²) in [5.74, 6) is -1.48. The minimum Gasteiger partial charge on any atom is -0.395 e. The smallest absolute Gasteiger partial charge is 0.236 e. The Morgan fingerprint density at radius 2 is 1.39 bits per heavy atom. The Balaban J connectivity index is 1.19. The summed E-state index contributed by atoms with van der Waals surface area (Å²) in [7, 11) is 0. The molecule has 4 rings (SSSR count). The highest BCUT2D eigenvalue weighted by Gasteiger charge is 2.23. The number of ketones is 1. The molecular weight excluding hydrogens is 539 g/mol.